The Balaban J connectivity index is 1.68. The van der Waals surface area contributed by atoms with Crippen LogP contribution in [0.2, 0.25) is 0 Å². The normalized spacial score (nSPS) is 18.5. The Labute approximate surface area is 150 Å². The fourth-order valence-electron chi connectivity index (χ4n) is 2.41. The first-order valence-corrected chi connectivity index (χ1v) is 8.16. The van der Waals surface area contributed by atoms with E-state index in [1.54, 1.807) is 18.2 Å². The zero-order chi connectivity index (χ0) is 18.9. The number of benzene rings is 1. The molecule has 1 aliphatic rings. The zero-order valence-corrected chi connectivity index (χ0v) is 14.1. The molecule has 136 valence electrons. The standard InChI is InChI=1S/C18H19FN4O3/c19-15-6-4-12(9-16(15)23-20)5-7-17(25)22-11-18(26)21-10-13-2-1-3-14(24)8-13/h1-4,6,8-9,15-16H,5,7,10-11H2,(H2-,21,22,24,25,26)/p+1. The first-order chi connectivity index (χ1) is 12.5. The van der Waals surface area contributed by atoms with Crippen LogP contribution in [0.4, 0.5) is 4.39 Å². The van der Waals surface area contributed by atoms with Crippen LogP contribution < -0.4 is 10.6 Å². The molecule has 0 saturated carbocycles. The Morgan fingerprint density at radius 3 is 2.81 bits per heavy atom. The highest BCUT2D eigenvalue weighted by Crippen LogP contribution is 2.20. The van der Waals surface area contributed by atoms with Gasteiger partial charge in [-0.2, -0.15) is 0 Å². The highest BCUT2D eigenvalue weighted by molar-refractivity contribution is 5.84. The molecule has 0 fully saturated rings. The second kappa shape index (κ2) is 9.32. The van der Waals surface area contributed by atoms with Gasteiger partial charge in [-0.25, -0.2) is 4.39 Å². The average Bonchev–Trinajstić information content (AvgIpc) is 2.64. The summed E-state index contributed by atoms with van der Waals surface area (Å²) in [4.78, 5) is 26.5. The van der Waals surface area contributed by atoms with Crippen molar-refractivity contribution in [2.75, 3.05) is 6.54 Å². The van der Waals surface area contributed by atoms with Crippen LogP contribution in [0.15, 0.2) is 48.1 Å². The van der Waals surface area contributed by atoms with E-state index in [0.29, 0.717) is 12.0 Å². The van der Waals surface area contributed by atoms with Crippen LogP contribution in [0.3, 0.4) is 0 Å². The van der Waals surface area contributed by atoms with Gasteiger partial charge >= 0.3 is 6.04 Å². The number of aromatic hydroxyl groups is 1. The first-order valence-electron chi connectivity index (χ1n) is 8.16. The molecule has 0 spiro atoms. The minimum Gasteiger partial charge on any atom is -0.508 e. The highest BCUT2D eigenvalue weighted by Gasteiger charge is 2.30. The number of phenolic OH excluding ortho intramolecular Hbond substituents is 1. The molecule has 0 bridgehead atoms. The van der Waals surface area contributed by atoms with Crippen LogP contribution in [-0.4, -0.2) is 35.7 Å². The first kappa shape index (κ1) is 19.1. The van der Waals surface area contributed by atoms with Crippen LogP contribution in [0.25, 0.3) is 4.98 Å². The molecule has 0 saturated heterocycles. The second-order valence-electron chi connectivity index (χ2n) is 5.87. The number of carbonyl (C=O) groups excluding carboxylic acids is 2. The summed E-state index contributed by atoms with van der Waals surface area (Å²) in [5, 5.41) is 23.2. The molecule has 2 unspecified atom stereocenters. The van der Waals surface area contributed by atoms with Crippen LogP contribution in [0, 0.1) is 5.39 Å². The summed E-state index contributed by atoms with van der Waals surface area (Å²) in [6.45, 7) is 0.0882. The molecule has 2 rings (SSSR count). The number of amides is 2. The zero-order valence-electron chi connectivity index (χ0n) is 14.1. The van der Waals surface area contributed by atoms with E-state index in [1.807, 2.05) is 0 Å². The Bertz CT molecular complexity index is 770. The number of allylic oxidation sites excluding steroid dienone is 2. The Morgan fingerprint density at radius 1 is 1.27 bits per heavy atom. The molecule has 1 aromatic carbocycles. The van der Waals surface area contributed by atoms with E-state index >= 15 is 0 Å². The molecule has 26 heavy (non-hydrogen) atoms. The summed E-state index contributed by atoms with van der Waals surface area (Å²) >= 11 is 0. The fourth-order valence-corrected chi connectivity index (χ4v) is 2.41. The molecule has 1 aliphatic carbocycles. The van der Waals surface area contributed by atoms with Crippen LogP contribution in [0.5, 0.6) is 5.75 Å². The topological polar surface area (TPSA) is 107 Å². The van der Waals surface area contributed by atoms with E-state index in [4.69, 9.17) is 5.39 Å². The number of carbonyl (C=O) groups is 2. The van der Waals surface area contributed by atoms with Crippen molar-refractivity contribution in [2.45, 2.75) is 31.6 Å². The molecule has 3 N–H and O–H groups in total. The van der Waals surface area contributed by atoms with Gasteiger partial charge in [0.25, 0.3) is 0 Å². The lowest BCUT2D eigenvalue weighted by molar-refractivity contribution is -0.126. The van der Waals surface area contributed by atoms with Gasteiger partial charge in [0.1, 0.15) is 10.7 Å². The van der Waals surface area contributed by atoms with Gasteiger partial charge in [0.05, 0.1) is 6.54 Å². The summed E-state index contributed by atoms with van der Waals surface area (Å²) in [6.07, 6.45) is 3.43. The van der Waals surface area contributed by atoms with Crippen LogP contribution >= 0.6 is 0 Å². The van der Waals surface area contributed by atoms with E-state index in [2.05, 4.69) is 15.6 Å². The SMILES string of the molecule is N#[N+]C1C=C(CCC(=O)NCC(=O)NCc2cccc(O)c2)C=CC1F. The number of rotatable bonds is 7. The summed E-state index contributed by atoms with van der Waals surface area (Å²) in [7, 11) is 0. The van der Waals surface area contributed by atoms with Gasteiger partial charge in [0, 0.05) is 19.0 Å². The van der Waals surface area contributed by atoms with Gasteiger partial charge in [0.15, 0.2) is 0 Å². The van der Waals surface area contributed by atoms with Gasteiger partial charge in [0.2, 0.25) is 23.4 Å². The van der Waals surface area contributed by atoms with Crippen molar-refractivity contribution < 1.29 is 19.1 Å². The minimum atomic E-state index is -1.37. The quantitative estimate of drug-likeness (QED) is 0.647. The Morgan fingerprint density at radius 2 is 2.08 bits per heavy atom. The molecule has 0 aromatic heterocycles. The van der Waals surface area contributed by atoms with Gasteiger partial charge in [-0.3, -0.25) is 9.59 Å². The summed E-state index contributed by atoms with van der Waals surface area (Å²) in [6, 6.07) is 5.57. The van der Waals surface area contributed by atoms with Gasteiger partial charge in [-0.1, -0.05) is 18.2 Å². The van der Waals surface area contributed by atoms with Gasteiger partial charge in [-0.15, -0.1) is 0 Å². The predicted molar refractivity (Wildman–Crippen MR) is 93.2 cm³/mol. The Kier molecular flexibility index (Phi) is 6.85. The molecule has 2 atom stereocenters. The lowest BCUT2D eigenvalue weighted by Crippen LogP contribution is -2.36. The number of diazo groups is 1. The van der Waals surface area contributed by atoms with Crippen molar-refractivity contribution in [3.8, 4) is 5.75 Å². The molecule has 0 radical (unpaired) electrons. The number of halogens is 1. The van der Waals surface area contributed by atoms with Crippen molar-refractivity contribution in [3.63, 3.8) is 0 Å². The maximum Gasteiger partial charge on any atom is 0.367 e. The molecule has 1 aromatic rings. The largest absolute Gasteiger partial charge is 0.508 e. The molecule has 0 heterocycles. The second-order valence-corrected chi connectivity index (χ2v) is 5.87. The van der Waals surface area contributed by atoms with Gasteiger partial charge in [-0.05, 0) is 35.8 Å². The van der Waals surface area contributed by atoms with Crippen molar-refractivity contribution in [1.82, 2.24) is 10.6 Å². The predicted octanol–water partition coefficient (Wildman–Crippen LogP) is 1.96. The summed E-state index contributed by atoms with van der Waals surface area (Å²) in [5.41, 5.74) is 1.45. The van der Waals surface area contributed by atoms with Gasteiger partial charge < -0.3 is 15.7 Å². The van der Waals surface area contributed by atoms with Crippen molar-refractivity contribution in [1.29, 1.82) is 5.39 Å². The van der Waals surface area contributed by atoms with Crippen LogP contribution in [-0.2, 0) is 16.1 Å². The lowest BCUT2D eigenvalue weighted by atomic mass is 9.98. The number of nitrogens with one attached hydrogen (secondary N) is 2. The van der Waals surface area contributed by atoms with E-state index in [0.717, 1.165) is 5.56 Å². The molecule has 0 aliphatic heterocycles. The Hall–Kier alpha value is -3.21. The monoisotopic (exact) mass is 359 g/mol. The molecule has 2 amide bonds. The number of phenols is 1. The fraction of sp³-hybridized carbons (Fsp3) is 0.333. The maximum absolute atomic E-state index is 13.3. The number of hydrogen-bond acceptors (Lipinski definition) is 4. The number of hydrogen-bond donors (Lipinski definition) is 3. The third-order valence-corrected chi connectivity index (χ3v) is 3.83. The van der Waals surface area contributed by atoms with E-state index < -0.39 is 12.2 Å². The van der Waals surface area contributed by atoms with E-state index in [1.165, 1.54) is 24.3 Å². The van der Waals surface area contributed by atoms with Crippen LogP contribution in [0.1, 0.15) is 18.4 Å². The molecular formula is C18H20FN4O3+. The summed E-state index contributed by atoms with van der Waals surface area (Å²) in [5.74, 6) is -0.545. The molecule has 7 nitrogen and oxygen atoms in total. The molecular weight excluding hydrogens is 339 g/mol. The van der Waals surface area contributed by atoms with Crippen molar-refractivity contribution in [3.05, 3.63) is 58.6 Å². The van der Waals surface area contributed by atoms with E-state index in [-0.39, 0.29) is 37.1 Å². The number of nitrogens with zero attached hydrogens (tertiary/aromatic N) is 2. The average molecular weight is 359 g/mol. The smallest absolute Gasteiger partial charge is 0.367 e. The third-order valence-electron chi connectivity index (χ3n) is 3.83. The highest BCUT2D eigenvalue weighted by atomic mass is 19.1. The number of alkyl halides is 1. The minimum absolute atomic E-state index is 0.117. The maximum atomic E-state index is 13.3. The summed E-state index contributed by atoms with van der Waals surface area (Å²) < 4.78 is 13.3. The van der Waals surface area contributed by atoms with E-state index in [9.17, 15) is 19.1 Å². The van der Waals surface area contributed by atoms with Crippen molar-refractivity contribution in [2.24, 2.45) is 0 Å². The third kappa shape index (κ3) is 6.02. The lowest BCUT2D eigenvalue weighted by Gasteiger charge is -2.09. The van der Waals surface area contributed by atoms with Crippen molar-refractivity contribution >= 4 is 11.8 Å². The molecule has 8 heteroatoms.